The zero-order chi connectivity index (χ0) is 14.6. The van der Waals surface area contributed by atoms with Crippen LogP contribution in [0.5, 0.6) is 0 Å². The van der Waals surface area contributed by atoms with Crippen molar-refractivity contribution < 1.29 is 9.13 Å². The monoisotopic (exact) mass is 343 g/mol. The molecule has 1 N–H and O–H groups in total. The Morgan fingerprint density at radius 2 is 2.30 bits per heavy atom. The van der Waals surface area contributed by atoms with Crippen LogP contribution in [0.15, 0.2) is 22.7 Å². The summed E-state index contributed by atoms with van der Waals surface area (Å²) in [6.07, 6.45) is 3.83. The van der Waals surface area contributed by atoms with Crippen molar-refractivity contribution in [3.8, 4) is 0 Å². The van der Waals surface area contributed by atoms with Crippen LogP contribution < -0.4 is 5.32 Å². The largest absolute Gasteiger partial charge is 0.374 e. The second-order valence-electron chi connectivity index (χ2n) is 5.71. The highest BCUT2D eigenvalue weighted by Gasteiger charge is 2.38. The van der Waals surface area contributed by atoms with E-state index in [1.54, 1.807) is 6.07 Å². The lowest BCUT2D eigenvalue weighted by molar-refractivity contribution is -0.0116. The minimum atomic E-state index is -0.191. The standard InChI is InChI=1S/C16H23BrFNO/c1-3-8-19-15(16(2)7-4-9-20-16)11-12-10-13(17)5-6-14(12)18/h5-6,10,15,19H,3-4,7-9,11H2,1-2H3. The van der Waals surface area contributed by atoms with Crippen molar-refractivity contribution in [3.63, 3.8) is 0 Å². The normalized spacial score (nSPS) is 24.0. The Morgan fingerprint density at radius 1 is 1.50 bits per heavy atom. The minimum absolute atomic E-state index is 0.141. The van der Waals surface area contributed by atoms with Gasteiger partial charge in [0.2, 0.25) is 0 Å². The maximum absolute atomic E-state index is 14.0. The van der Waals surface area contributed by atoms with E-state index in [0.717, 1.165) is 42.5 Å². The summed E-state index contributed by atoms with van der Waals surface area (Å²) in [6.45, 7) is 6.02. The number of hydrogen-bond donors (Lipinski definition) is 1. The molecule has 2 unspecified atom stereocenters. The number of benzene rings is 1. The van der Waals surface area contributed by atoms with Crippen molar-refractivity contribution in [2.75, 3.05) is 13.2 Å². The summed E-state index contributed by atoms with van der Waals surface area (Å²) >= 11 is 3.42. The molecule has 1 aromatic carbocycles. The summed E-state index contributed by atoms with van der Waals surface area (Å²) in [5.74, 6) is -0.141. The van der Waals surface area contributed by atoms with Crippen LogP contribution in [0.3, 0.4) is 0 Å². The topological polar surface area (TPSA) is 21.3 Å². The van der Waals surface area contributed by atoms with Crippen molar-refractivity contribution in [3.05, 3.63) is 34.1 Å². The van der Waals surface area contributed by atoms with Crippen molar-refractivity contribution in [2.24, 2.45) is 0 Å². The van der Waals surface area contributed by atoms with E-state index in [2.05, 4.69) is 35.1 Å². The molecule has 1 aliphatic rings. The second kappa shape index (κ2) is 7.01. The van der Waals surface area contributed by atoms with Gasteiger partial charge in [-0.05, 0) is 62.9 Å². The highest BCUT2D eigenvalue weighted by Crippen LogP contribution is 2.31. The van der Waals surface area contributed by atoms with E-state index in [0.29, 0.717) is 6.42 Å². The SMILES string of the molecule is CCCNC(Cc1cc(Br)ccc1F)C1(C)CCCO1. The van der Waals surface area contributed by atoms with Crippen LogP contribution in [0.4, 0.5) is 4.39 Å². The van der Waals surface area contributed by atoms with Gasteiger partial charge in [-0.15, -0.1) is 0 Å². The smallest absolute Gasteiger partial charge is 0.126 e. The van der Waals surface area contributed by atoms with Crippen LogP contribution in [-0.4, -0.2) is 24.8 Å². The van der Waals surface area contributed by atoms with Crippen LogP contribution in [-0.2, 0) is 11.2 Å². The quantitative estimate of drug-likeness (QED) is 0.840. The van der Waals surface area contributed by atoms with E-state index in [9.17, 15) is 4.39 Å². The predicted octanol–water partition coefficient (Wildman–Crippen LogP) is 4.07. The number of nitrogens with one attached hydrogen (secondary N) is 1. The first-order chi connectivity index (χ1) is 9.55. The van der Waals surface area contributed by atoms with Crippen LogP contribution in [0.2, 0.25) is 0 Å². The molecule has 1 fully saturated rings. The number of rotatable bonds is 6. The lowest BCUT2D eigenvalue weighted by atomic mass is 9.88. The first-order valence-corrected chi connectivity index (χ1v) is 8.16. The number of ether oxygens (including phenoxy) is 1. The van der Waals surface area contributed by atoms with Crippen LogP contribution in [0.25, 0.3) is 0 Å². The average molecular weight is 344 g/mol. The van der Waals surface area contributed by atoms with Gasteiger partial charge in [0.25, 0.3) is 0 Å². The molecule has 4 heteroatoms. The van der Waals surface area contributed by atoms with Gasteiger partial charge in [0.05, 0.1) is 5.60 Å². The van der Waals surface area contributed by atoms with Gasteiger partial charge in [0, 0.05) is 17.1 Å². The van der Waals surface area contributed by atoms with Gasteiger partial charge in [0.1, 0.15) is 5.82 Å². The minimum Gasteiger partial charge on any atom is -0.374 e. The molecule has 0 aromatic heterocycles. The molecule has 0 aliphatic carbocycles. The Balaban J connectivity index is 2.16. The van der Waals surface area contributed by atoms with E-state index in [-0.39, 0.29) is 17.5 Å². The van der Waals surface area contributed by atoms with E-state index in [4.69, 9.17) is 4.74 Å². The second-order valence-corrected chi connectivity index (χ2v) is 6.63. The summed E-state index contributed by atoms with van der Waals surface area (Å²) < 4.78 is 20.8. The predicted molar refractivity (Wildman–Crippen MR) is 83.5 cm³/mol. The molecule has 2 nitrogen and oxygen atoms in total. The Kier molecular flexibility index (Phi) is 5.58. The van der Waals surface area contributed by atoms with E-state index < -0.39 is 0 Å². The van der Waals surface area contributed by atoms with Crippen molar-refractivity contribution in [1.29, 1.82) is 0 Å². The molecule has 0 bridgehead atoms. The highest BCUT2D eigenvalue weighted by molar-refractivity contribution is 9.10. The highest BCUT2D eigenvalue weighted by atomic mass is 79.9. The first kappa shape index (κ1) is 15.9. The first-order valence-electron chi connectivity index (χ1n) is 7.36. The lowest BCUT2D eigenvalue weighted by Gasteiger charge is -2.34. The number of halogens is 2. The Bertz CT molecular complexity index is 446. The molecule has 1 aromatic rings. The molecular formula is C16H23BrFNO. The van der Waals surface area contributed by atoms with Crippen molar-refractivity contribution in [2.45, 2.75) is 51.2 Å². The zero-order valence-electron chi connectivity index (χ0n) is 12.2. The van der Waals surface area contributed by atoms with Gasteiger partial charge in [0.15, 0.2) is 0 Å². The number of hydrogen-bond acceptors (Lipinski definition) is 2. The van der Waals surface area contributed by atoms with Crippen molar-refractivity contribution in [1.82, 2.24) is 5.32 Å². The van der Waals surface area contributed by atoms with E-state index in [1.807, 2.05) is 6.07 Å². The Morgan fingerprint density at radius 3 is 2.95 bits per heavy atom. The fourth-order valence-corrected chi connectivity index (χ4v) is 3.23. The summed E-state index contributed by atoms with van der Waals surface area (Å²) in [4.78, 5) is 0. The molecule has 2 atom stereocenters. The molecule has 20 heavy (non-hydrogen) atoms. The van der Waals surface area contributed by atoms with Crippen LogP contribution in [0, 0.1) is 5.82 Å². The Labute approximate surface area is 129 Å². The van der Waals surface area contributed by atoms with Crippen LogP contribution >= 0.6 is 15.9 Å². The van der Waals surface area contributed by atoms with Crippen LogP contribution in [0.1, 0.15) is 38.7 Å². The molecule has 112 valence electrons. The molecule has 1 saturated heterocycles. The van der Waals surface area contributed by atoms with Gasteiger partial charge < -0.3 is 10.1 Å². The van der Waals surface area contributed by atoms with Gasteiger partial charge in [-0.25, -0.2) is 4.39 Å². The van der Waals surface area contributed by atoms with Gasteiger partial charge in [-0.3, -0.25) is 0 Å². The van der Waals surface area contributed by atoms with Gasteiger partial charge in [-0.2, -0.15) is 0 Å². The van der Waals surface area contributed by atoms with E-state index >= 15 is 0 Å². The average Bonchev–Trinajstić information content (AvgIpc) is 2.86. The fourth-order valence-electron chi connectivity index (χ4n) is 2.82. The third kappa shape index (κ3) is 3.80. The molecule has 2 rings (SSSR count). The molecular weight excluding hydrogens is 321 g/mol. The molecule has 0 amide bonds. The third-order valence-electron chi connectivity index (χ3n) is 4.06. The fraction of sp³-hybridized carbons (Fsp3) is 0.625. The third-order valence-corrected chi connectivity index (χ3v) is 4.55. The zero-order valence-corrected chi connectivity index (χ0v) is 13.8. The van der Waals surface area contributed by atoms with Gasteiger partial charge in [-0.1, -0.05) is 22.9 Å². The Hall–Kier alpha value is -0.450. The molecule has 1 aliphatic heterocycles. The van der Waals surface area contributed by atoms with E-state index in [1.165, 1.54) is 6.07 Å². The van der Waals surface area contributed by atoms with Gasteiger partial charge >= 0.3 is 0 Å². The summed E-state index contributed by atoms with van der Waals surface area (Å²) in [5, 5.41) is 3.54. The molecule has 1 heterocycles. The maximum Gasteiger partial charge on any atom is 0.126 e. The maximum atomic E-state index is 14.0. The van der Waals surface area contributed by atoms with Crippen molar-refractivity contribution >= 4 is 15.9 Å². The molecule has 0 spiro atoms. The lowest BCUT2D eigenvalue weighted by Crippen LogP contribution is -2.50. The summed E-state index contributed by atoms with van der Waals surface area (Å²) in [7, 11) is 0. The molecule has 0 radical (unpaired) electrons. The summed E-state index contributed by atoms with van der Waals surface area (Å²) in [5.41, 5.74) is 0.550. The summed E-state index contributed by atoms with van der Waals surface area (Å²) in [6, 6.07) is 5.28. The molecule has 0 saturated carbocycles.